The molecule has 0 atom stereocenters. The predicted octanol–water partition coefficient (Wildman–Crippen LogP) is 4.48. The van der Waals surface area contributed by atoms with Gasteiger partial charge >= 0.3 is 0 Å². The highest BCUT2D eigenvalue weighted by Gasteiger charge is 2.06. The predicted molar refractivity (Wildman–Crippen MR) is 94.9 cm³/mol. The lowest BCUT2D eigenvalue weighted by Crippen LogP contribution is -1.99. The first-order chi connectivity index (χ1) is 11.6. The van der Waals surface area contributed by atoms with Crippen LogP contribution in [0.1, 0.15) is 35.7 Å². The van der Waals surface area contributed by atoms with Crippen LogP contribution in [0.3, 0.4) is 0 Å². The molecule has 0 saturated carbocycles. The van der Waals surface area contributed by atoms with Crippen LogP contribution >= 0.6 is 0 Å². The fourth-order valence-corrected chi connectivity index (χ4v) is 2.13. The maximum absolute atomic E-state index is 12.1. The molecule has 24 heavy (non-hydrogen) atoms. The monoisotopic (exact) mass is 326 g/mol. The second-order valence-corrected chi connectivity index (χ2v) is 5.36. The van der Waals surface area contributed by atoms with E-state index in [0.29, 0.717) is 23.7 Å². The number of hydrogen-bond acceptors (Lipinski definition) is 4. The van der Waals surface area contributed by atoms with Crippen molar-refractivity contribution in [1.82, 2.24) is 0 Å². The number of rotatable bonds is 8. The number of ketones is 1. The van der Waals surface area contributed by atoms with Crippen molar-refractivity contribution in [3.63, 3.8) is 0 Å². The Kier molecular flexibility index (Phi) is 6.43. The van der Waals surface area contributed by atoms with Crippen molar-refractivity contribution in [2.45, 2.75) is 19.8 Å². The fraction of sp³-hybridized carbons (Fsp3) is 0.250. The third kappa shape index (κ3) is 4.88. The van der Waals surface area contributed by atoms with Crippen LogP contribution in [-0.4, -0.2) is 24.6 Å². The van der Waals surface area contributed by atoms with Crippen molar-refractivity contribution >= 4 is 11.9 Å². The molecular weight excluding hydrogens is 304 g/mol. The summed E-state index contributed by atoms with van der Waals surface area (Å²) < 4.78 is 11.0. The van der Waals surface area contributed by atoms with Gasteiger partial charge in [-0.2, -0.15) is 0 Å². The number of carbonyl (C=O) groups excluding carboxylic acids is 1. The number of ether oxygens (including phenoxy) is 2. The van der Waals surface area contributed by atoms with Gasteiger partial charge in [-0.3, -0.25) is 4.79 Å². The van der Waals surface area contributed by atoms with Gasteiger partial charge in [0.05, 0.1) is 13.7 Å². The fourth-order valence-electron chi connectivity index (χ4n) is 2.13. The Morgan fingerprint density at radius 3 is 2.54 bits per heavy atom. The van der Waals surface area contributed by atoms with Crippen molar-refractivity contribution in [2.75, 3.05) is 13.7 Å². The topological polar surface area (TPSA) is 55.8 Å². The summed E-state index contributed by atoms with van der Waals surface area (Å²) in [5.41, 5.74) is 1.38. The van der Waals surface area contributed by atoms with Crippen LogP contribution in [0.2, 0.25) is 0 Å². The first kappa shape index (κ1) is 17.6. The van der Waals surface area contributed by atoms with Gasteiger partial charge in [0.15, 0.2) is 17.3 Å². The summed E-state index contributed by atoms with van der Waals surface area (Å²) in [7, 11) is 1.60. The third-order valence-corrected chi connectivity index (χ3v) is 3.52. The minimum absolute atomic E-state index is 0.126. The second kappa shape index (κ2) is 8.77. The molecule has 0 saturated heterocycles. The molecule has 0 fully saturated rings. The molecule has 0 aliphatic heterocycles. The number of methoxy groups -OCH3 is 1. The van der Waals surface area contributed by atoms with Gasteiger partial charge in [-0.15, -0.1) is 0 Å². The largest absolute Gasteiger partial charge is 0.508 e. The summed E-state index contributed by atoms with van der Waals surface area (Å²) in [4.78, 5) is 12.1. The Labute approximate surface area is 142 Å². The van der Waals surface area contributed by atoms with E-state index < -0.39 is 0 Å². The standard InChI is InChI=1S/C20H22O4/c1-3-4-13-24-20-14-15(6-12-19(20)23-2)5-11-18(22)16-7-9-17(21)10-8-16/h5-12,14,21H,3-4,13H2,1-2H3/b11-5+. The van der Waals surface area contributed by atoms with E-state index in [1.54, 1.807) is 25.3 Å². The van der Waals surface area contributed by atoms with Crippen molar-refractivity contribution in [3.8, 4) is 17.2 Å². The maximum Gasteiger partial charge on any atom is 0.185 e. The van der Waals surface area contributed by atoms with Crippen molar-refractivity contribution in [2.24, 2.45) is 0 Å². The van der Waals surface area contributed by atoms with Crippen LogP contribution < -0.4 is 9.47 Å². The van der Waals surface area contributed by atoms with Crippen LogP contribution in [0, 0.1) is 0 Å². The molecule has 4 heteroatoms. The Morgan fingerprint density at radius 1 is 1.12 bits per heavy atom. The molecule has 0 heterocycles. The van der Waals surface area contributed by atoms with Crippen LogP contribution in [0.5, 0.6) is 17.2 Å². The smallest absolute Gasteiger partial charge is 0.185 e. The lowest BCUT2D eigenvalue weighted by molar-refractivity contribution is 0.104. The molecule has 1 N–H and O–H groups in total. The molecule has 4 nitrogen and oxygen atoms in total. The zero-order chi connectivity index (χ0) is 17.4. The minimum atomic E-state index is -0.126. The zero-order valence-electron chi connectivity index (χ0n) is 14.0. The lowest BCUT2D eigenvalue weighted by atomic mass is 10.1. The highest BCUT2D eigenvalue weighted by atomic mass is 16.5. The molecule has 2 rings (SSSR count). The molecule has 2 aromatic carbocycles. The normalized spacial score (nSPS) is 10.8. The Hall–Kier alpha value is -2.75. The average molecular weight is 326 g/mol. The molecule has 0 aromatic heterocycles. The molecular formula is C20H22O4. The van der Waals surface area contributed by atoms with Gasteiger partial charge < -0.3 is 14.6 Å². The number of allylic oxidation sites excluding steroid dienone is 1. The summed E-state index contributed by atoms with van der Waals surface area (Å²) in [6.45, 7) is 2.74. The van der Waals surface area contributed by atoms with Gasteiger partial charge in [-0.05, 0) is 54.5 Å². The molecule has 0 bridgehead atoms. The van der Waals surface area contributed by atoms with Crippen molar-refractivity contribution in [1.29, 1.82) is 0 Å². The first-order valence-electron chi connectivity index (χ1n) is 7.96. The van der Waals surface area contributed by atoms with Gasteiger partial charge in [0.2, 0.25) is 0 Å². The Balaban J connectivity index is 2.11. The van der Waals surface area contributed by atoms with Crippen LogP contribution in [0.25, 0.3) is 6.08 Å². The van der Waals surface area contributed by atoms with Gasteiger partial charge in [0, 0.05) is 5.56 Å². The van der Waals surface area contributed by atoms with E-state index in [0.717, 1.165) is 18.4 Å². The summed E-state index contributed by atoms with van der Waals surface area (Å²) in [6, 6.07) is 11.7. The van der Waals surface area contributed by atoms with Gasteiger partial charge in [0.1, 0.15) is 5.75 Å². The molecule has 2 aromatic rings. The van der Waals surface area contributed by atoms with Crippen LogP contribution in [0.15, 0.2) is 48.5 Å². The van der Waals surface area contributed by atoms with Gasteiger partial charge in [-0.25, -0.2) is 0 Å². The molecule has 0 spiro atoms. The summed E-state index contributed by atoms with van der Waals surface area (Å²) in [5.74, 6) is 1.36. The van der Waals surface area contributed by atoms with Crippen molar-refractivity contribution < 1.29 is 19.4 Å². The Morgan fingerprint density at radius 2 is 1.88 bits per heavy atom. The molecule has 0 aliphatic rings. The number of unbranched alkanes of at least 4 members (excludes halogenated alkanes) is 1. The number of phenolic OH excluding ortho intramolecular Hbond substituents is 1. The van der Waals surface area contributed by atoms with Crippen LogP contribution in [0.4, 0.5) is 0 Å². The second-order valence-electron chi connectivity index (χ2n) is 5.36. The van der Waals surface area contributed by atoms with E-state index in [1.165, 1.54) is 18.2 Å². The average Bonchev–Trinajstić information content (AvgIpc) is 2.60. The first-order valence-corrected chi connectivity index (χ1v) is 7.96. The maximum atomic E-state index is 12.1. The molecule has 0 unspecified atom stereocenters. The third-order valence-electron chi connectivity index (χ3n) is 3.52. The van der Waals surface area contributed by atoms with E-state index >= 15 is 0 Å². The lowest BCUT2D eigenvalue weighted by Gasteiger charge is -2.11. The number of hydrogen-bond donors (Lipinski definition) is 1. The highest BCUT2D eigenvalue weighted by molar-refractivity contribution is 6.06. The number of benzene rings is 2. The van der Waals surface area contributed by atoms with Gasteiger partial charge in [-0.1, -0.05) is 25.5 Å². The summed E-state index contributed by atoms with van der Waals surface area (Å²) in [6.07, 6.45) is 5.27. The minimum Gasteiger partial charge on any atom is -0.508 e. The molecule has 0 radical (unpaired) electrons. The zero-order valence-corrected chi connectivity index (χ0v) is 14.0. The molecule has 126 valence electrons. The van der Waals surface area contributed by atoms with Crippen molar-refractivity contribution in [3.05, 3.63) is 59.7 Å². The number of phenols is 1. The SMILES string of the molecule is CCCCOc1cc(/C=C/C(=O)c2ccc(O)cc2)ccc1OC. The number of aromatic hydroxyl groups is 1. The highest BCUT2D eigenvalue weighted by Crippen LogP contribution is 2.28. The van der Waals surface area contributed by atoms with Gasteiger partial charge in [0.25, 0.3) is 0 Å². The van der Waals surface area contributed by atoms with E-state index in [4.69, 9.17) is 9.47 Å². The number of carbonyl (C=O) groups is 1. The summed E-state index contributed by atoms with van der Waals surface area (Å²) >= 11 is 0. The molecule has 0 amide bonds. The van der Waals surface area contributed by atoms with E-state index in [2.05, 4.69) is 6.92 Å². The Bertz CT molecular complexity index is 702. The van der Waals surface area contributed by atoms with E-state index in [9.17, 15) is 9.90 Å². The van der Waals surface area contributed by atoms with Crippen LogP contribution in [-0.2, 0) is 0 Å². The summed E-state index contributed by atoms with van der Waals surface area (Å²) in [5, 5.41) is 9.26. The van der Waals surface area contributed by atoms with E-state index in [1.807, 2.05) is 18.2 Å². The molecule has 0 aliphatic carbocycles. The quantitative estimate of drug-likeness (QED) is 0.441. The van der Waals surface area contributed by atoms with E-state index in [-0.39, 0.29) is 11.5 Å².